The zero-order valence-electron chi connectivity index (χ0n) is 15.7. The predicted octanol–water partition coefficient (Wildman–Crippen LogP) is 4.59. The summed E-state index contributed by atoms with van der Waals surface area (Å²) < 4.78 is 6.28. The largest absolute Gasteiger partial charge is 0.410 e. The van der Waals surface area contributed by atoms with Crippen LogP contribution < -0.4 is 4.90 Å². The SMILES string of the molecule is CC(C(=O)[N+]1[CH][CH][CH][C]1CO[Si](C)(C)C(C)(C)C)c1ccccc1. The summed E-state index contributed by atoms with van der Waals surface area (Å²) in [7, 11) is -1.83. The number of benzene rings is 1. The lowest BCUT2D eigenvalue weighted by Gasteiger charge is -2.36. The van der Waals surface area contributed by atoms with Crippen molar-refractivity contribution >= 4 is 14.2 Å². The van der Waals surface area contributed by atoms with Crippen LogP contribution in [0, 0.1) is 25.4 Å². The van der Waals surface area contributed by atoms with Gasteiger partial charge in [-0.1, -0.05) is 56.0 Å². The summed E-state index contributed by atoms with van der Waals surface area (Å²) in [6.45, 7) is 15.4. The number of carbonyl (C=O) groups excluding carboxylic acids is 1. The topological polar surface area (TPSA) is 32.2 Å². The van der Waals surface area contributed by atoms with E-state index in [1.165, 1.54) is 0 Å². The molecule has 1 aliphatic rings. The highest BCUT2D eigenvalue weighted by atomic mass is 28.4. The smallest absolute Gasteiger partial charge is 0.369 e. The lowest BCUT2D eigenvalue weighted by molar-refractivity contribution is -0.125. The molecule has 1 unspecified atom stereocenters. The number of hydrogen-bond donors (Lipinski definition) is 0. The molecule has 2 rings (SSSR count). The normalized spacial score (nSPS) is 18.8. The summed E-state index contributed by atoms with van der Waals surface area (Å²) in [4.78, 5) is 14.6. The van der Waals surface area contributed by atoms with Gasteiger partial charge < -0.3 is 4.43 Å². The predicted molar refractivity (Wildman–Crippen MR) is 101 cm³/mol. The van der Waals surface area contributed by atoms with Gasteiger partial charge in [-0.15, -0.1) is 0 Å². The Bertz CT molecular complexity index is 551. The minimum atomic E-state index is -1.83. The van der Waals surface area contributed by atoms with E-state index in [-0.39, 0.29) is 16.9 Å². The van der Waals surface area contributed by atoms with Crippen molar-refractivity contribution in [2.24, 2.45) is 0 Å². The number of hydrogen-bond acceptors (Lipinski definition) is 2. The van der Waals surface area contributed by atoms with E-state index in [2.05, 4.69) is 33.9 Å². The van der Waals surface area contributed by atoms with Gasteiger partial charge in [0.1, 0.15) is 12.5 Å². The number of carbonyl (C=O) groups is 1. The Labute approximate surface area is 148 Å². The second-order valence-electron chi connectivity index (χ2n) is 7.89. The molecule has 4 heteroatoms. The van der Waals surface area contributed by atoms with Gasteiger partial charge in [-0.2, -0.15) is 0 Å². The first-order chi connectivity index (χ1) is 11.1. The van der Waals surface area contributed by atoms with Crippen molar-refractivity contribution in [1.82, 2.24) is 4.90 Å². The van der Waals surface area contributed by atoms with Crippen molar-refractivity contribution in [3.8, 4) is 0 Å². The second-order valence-corrected chi connectivity index (χ2v) is 12.7. The van der Waals surface area contributed by atoms with E-state index in [1.807, 2.05) is 56.6 Å². The van der Waals surface area contributed by atoms with E-state index < -0.39 is 8.32 Å². The molecule has 1 aromatic carbocycles. The van der Waals surface area contributed by atoms with Crippen LogP contribution in [-0.2, 0) is 9.22 Å². The van der Waals surface area contributed by atoms with Gasteiger partial charge in [-0.3, -0.25) is 0 Å². The zero-order chi connectivity index (χ0) is 18.0. The average molecular weight is 344 g/mol. The van der Waals surface area contributed by atoms with E-state index in [9.17, 15) is 4.79 Å². The molecule has 3 nitrogen and oxygen atoms in total. The molecule has 0 bridgehead atoms. The molecule has 1 saturated heterocycles. The first-order valence-electron chi connectivity index (χ1n) is 8.53. The summed E-state index contributed by atoms with van der Waals surface area (Å²) >= 11 is 0. The van der Waals surface area contributed by atoms with E-state index >= 15 is 0 Å². The van der Waals surface area contributed by atoms with Gasteiger partial charge in [0.15, 0.2) is 8.32 Å². The molecule has 129 valence electrons. The van der Waals surface area contributed by atoms with Gasteiger partial charge in [0.05, 0.1) is 0 Å². The Hall–Kier alpha value is -0.973. The fourth-order valence-electron chi connectivity index (χ4n) is 2.31. The maximum atomic E-state index is 12.9. The van der Waals surface area contributed by atoms with Crippen LogP contribution in [0.25, 0.3) is 0 Å². The lowest BCUT2D eigenvalue weighted by Crippen LogP contribution is -2.45. The van der Waals surface area contributed by atoms with Crippen LogP contribution in [-0.4, -0.2) is 20.8 Å². The van der Waals surface area contributed by atoms with E-state index in [1.54, 1.807) is 4.90 Å². The number of amides is 1. The molecule has 1 fully saturated rings. The molecule has 0 N–H and O–H groups in total. The van der Waals surface area contributed by atoms with Crippen LogP contribution in [0.15, 0.2) is 30.3 Å². The Morgan fingerprint density at radius 3 is 2.42 bits per heavy atom. The van der Waals surface area contributed by atoms with Crippen LogP contribution in [0.2, 0.25) is 18.1 Å². The summed E-state index contributed by atoms with van der Waals surface area (Å²) in [6, 6.07) is 10.8. The fraction of sp³-hybridized carbons (Fsp3) is 0.450. The summed E-state index contributed by atoms with van der Waals surface area (Å²) in [5.74, 6) is -0.0924. The molecular formula is C20H29NO2Si+. The van der Waals surface area contributed by atoms with E-state index in [4.69, 9.17) is 4.43 Å². The molecule has 0 saturated carbocycles. The molecule has 1 aromatic rings. The molecule has 0 spiro atoms. The Morgan fingerprint density at radius 2 is 1.83 bits per heavy atom. The van der Waals surface area contributed by atoms with Crippen molar-refractivity contribution in [3.05, 3.63) is 61.3 Å². The summed E-state index contributed by atoms with van der Waals surface area (Å²) in [5.41, 5.74) is 1.03. The quantitative estimate of drug-likeness (QED) is 0.578. The van der Waals surface area contributed by atoms with Gasteiger partial charge in [-0.25, -0.2) is 4.79 Å². The maximum Gasteiger partial charge on any atom is 0.369 e. The summed E-state index contributed by atoms with van der Waals surface area (Å²) in [5, 5.41) is 0.158. The minimum absolute atomic E-state index is 0.0834. The van der Waals surface area contributed by atoms with Gasteiger partial charge in [0.2, 0.25) is 12.6 Å². The zero-order valence-corrected chi connectivity index (χ0v) is 16.7. The van der Waals surface area contributed by atoms with Crippen LogP contribution in [0.4, 0.5) is 0 Å². The molecule has 5 radical (unpaired) electrons. The average Bonchev–Trinajstić information content (AvgIpc) is 3.00. The van der Waals surface area contributed by atoms with Crippen molar-refractivity contribution in [2.75, 3.05) is 6.61 Å². The van der Waals surface area contributed by atoms with Crippen LogP contribution in [0.3, 0.4) is 0 Å². The minimum Gasteiger partial charge on any atom is -0.410 e. The maximum absolute atomic E-state index is 12.9. The van der Waals surface area contributed by atoms with Crippen molar-refractivity contribution in [3.63, 3.8) is 0 Å². The number of likely N-dealkylation sites (tertiary alicyclic amines) is 1. The molecule has 0 aromatic heterocycles. The molecule has 1 aliphatic heterocycles. The van der Waals surface area contributed by atoms with Gasteiger partial charge >= 0.3 is 5.91 Å². The lowest BCUT2D eigenvalue weighted by atomic mass is 9.99. The highest BCUT2D eigenvalue weighted by Crippen LogP contribution is 2.38. The third-order valence-electron chi connectivity index (χ3n) is 5.13. The van der Waals surface area contributed by atoms with Gasteiger partial charge in [0, 0.05) is 12.8 Å². The fourth-order valence-corrected chi connectivity index (χ4v) is 3.25. The van der Waals surface area contributed by atoms with Crippen LogP contribution in [0.1, 0.15) is 39.2 Å². The van der Waals surface area contributed by atoms with Crippen molar-refractivity contribution in [2.45, 2.75) is 51.7 Å². The Morgan fingerprint density at radius 1 is 1.21 bits per heavy atom. The molecule has 1 amide bonds. The van der Waals surface area contributed by atoms with E-state index in [0.717, 1.165) is 11.6 Å². The molecule has 1 heterocycles. The molecule has 0 aliphatic carbocycles. The van der Waals surface area contributed by atoms with E-state index in [0.29, 0.717) is 6.61 Å². The Kier molecular flexibility index (Phi) is 6.05. The first-order valence-corrected chi connectivity index (χ1v) is 11.4. The van der Waals surface area contributed by atoms with Crippen LogP contribution >= 0.6 is 0 Å². The third kappa shape index (κ3) is 4.35. The van der Waals surface area contributed by atoms with Crippen molar-refractivity contribution < 1.29 is 9.22 Å². The highest BCUT2D eigenvalue weighted by molar-refractivity contribution is 6.74. The molecular weight excluding hydrogens is 314 g/mol. The van der Waals surface area contributed by atoms with Crippen molar-refractivity contribution in [1.29, 1.82) is 0 Å². The van der Waals surface area contributed by atoms with Gasteiger partial charge in [-0.05, 0) is 30.6 Å². The van der Waals surface area contributed by atoms with Gasteiger partial charge in [0.25, 0.3) is 0 Å². The third-order valence-corrected chi connectivity index (χ3v) is 9.61. The Balaban J connectivity index is 2.01. The molecule has 1 atom stereocenters. The molecule has 24 heavy (non-hydrogen) atoms. The second kappa shape index (κ2) is 7.50. The number of rotatable bonds is 5. The van der Waals surface area contributed by atoms with Crippen LogP contribution in [0.5, 0.6) is 0 Å². The first kappa shape index (κ1) is 19.4. The number of nitrogens with zero attached hydrogens (tertiary/aromatic N) is 1. The summed E-state index contributed by atoms with van der Waals surface area (Å²) in [6.07, 6.45) is 3.89. The monoisotopic (exact) mass is 343 g/mol. The standard InChI is InChI=1S/C20H29NO2Si/c1-16(17-11-8-7-9-12-17)19(22)21-14-10-13-18(21)15-23-24(5,6)20(2,3)4/h7-14,16H,15H2,1-6H3/q+1. The highest BCUT2D eigenvalue weighted by Gasteiger charge is 2.47.